The Balaban J connectivity index is 1.95. The van der Waals surface area contributed by atoms with Crippen LogP contribution in [0.25, 0.3) is 0 Å². The number of aliphatic hydroxyl groups excluding tert-OH is 4. The van der Waals surface area contributed by atoms with E-state index in [1.807, 2.05) is 0 Å². The smallest absolute Gasteiger partial charge is 0.229 e. The molecule has 0 bridgehead atoms. The molecule has 140 valence electrons. The summed E-state index contributed by atoms with van der Waals surface area (Å²) in [5, 5.41) is 44.9. The summed E-state index contributed by atoms with van der Waals surface area (Å²) in [5.74, 6) is 0.371. The molecule has 1 saturated heterocycles. The number of thiocarbonyl (C=S) groups is 1. The summed E-state index contributed by atoms with van der Waals surface area (Å²) in [7, 11) is 0. The fraction of sp³-hybridized carbons (Fsp3) is 0.533. The molecule has 9 nitrogen and oxygen atoms in total. The lowest BCUT2D eigenvalue weighted by molar-refractivity contribution is -0.277. The number of anilines is 1. The van der Waals surface area contributed by atoms with Gasteiger partial charge < -0.3 is 46.3 Å². The summed E-state index contributed by atoms with van der Waals surface area (Å²) >= 11 is 5.09. The van der Waals surface area contributed by atoms with Gasteiger partial charge in [-0.1, -0.05) is 0 Å². The molecular formula is C15H23N3O6S. The zero-order chi connectivity index (χ0) is 18.4. The lowest BCUT2D eigenvalue weighted by Crippen LogP contribution is -2.60. The standard InChI is InChI=1S/C15H23N3O6S/c16-5-6-17-15(25)18-8-1-3-9(4-2-8)23-14-13(22)12(21)11(20)10(7-19)24-14/h1-4,10-14,19-22H,5-7,16H2,(H2,17,18,25)/t10?,11-,12+,13+,14-/m0/s1. The zero-order valence-electron chi connectivity index (χ0n) is 13.4. The molecule has 0 radical (unpaired) electrons. The molecule has 1 aliphatic rings. The number of benzene rings is 1. The molecule has 0 spiro atoms. The first-order chi connectivity index (χ1) is 12.0. The van der Waals surface area contributed by atoms with E-state index in [1.54, 1.807) is 24.3 Å². The van der Waals surface area contributed by atoms with Gasteiger partial charge in [-0.3, -0.25) is 0 Å². The highest BCUT2D eigenvalue weighted by Gasteiger charge is 2.44. The Morgan fingerprint density at radius 3 is 2.44 bits per heavy atom. The van der Waals surface area contributed by atoms with Crippen molar-refractivity contribution >= 4 is 23.0 Å². The fourth-order valence-electron chi connectivity index (χ4n) is 2.28. The van der Waals surface area contributed by atoms with Crippen LogP contribution in [0.3, 0.4) is 0 Å². The van der Waals surface area contributed by atoms with Crippen molar-refractivity contribution in [2.24, 2.45) is 5.73 Å². The largest absolute Gasteiger partial charge is 0.462 e. The SMILES string of the molecule is NCCNC(=S)Nc1ccc(O[C@H]2OC(CO)[C@H](O)[C@@H](O)[C@H]2O)cc1. The van der Waals surface area contributed by atoms with Gasteiger partial charge in [0.25, 0.3) is 0 Å². The van der Waals surface area contributed by atoms with E-state index >= 15 is 0 Å². The van der Waals surface area contributed by atoms with Crippen LogP contribution in [0.15, 0.2) is 24.3 Å². The van der Waals surface area contributed by atoms with Gasteiger partial charge in [0.05, 0.1) is 6.61 Å². The molecule has 1 unspecified atom stereocenters. The lowest BCUT2D eigenvalue weighted by atomic mass is 9.99. The molecule has 1 fully saturated rings. The second kappa shape index (κ2) is 9.25. The van der Waals surface area contributed by atoms with E-state index in [4.69, 9.17) is 32.5 Å². The maximum atomic E-state index is 9.95. The first-order valence-electron chi connectivity index (χ1n) is 7.78. The van der Waals surface area contributed by atoms with Crippen molar-refractivity contribution in [2.45, 2.75) is 30.7 Å². The number of nitrogens with one attached hydrogen (secondary N) is 2. The Kier molecular flexibility index (Phi) is 7.32. The molecular weight excluding hydrogens is 350 g/mol. The van der Waals surface area contributed by atoms with Crippen LogP contribution in [0.1, 0.15) is 0 Å². The fourth-order valence-corrected chi connectivity index (χ4v) is 2.50. The van der Waals surface area contributed by atoms with Crippen molar-refractivity contribution in [1.82, 2.24) is 5.32 Å². The summed E-state index contributed by atoms with van der Waals surface area (Å²) < 4.78 is 10.8. The summed E-state index contributed by atoms with van der Waals surface area (Å²) in [6, 6.07) is 6.65. The molecule has 10 heteroatoms. The van der Waals surface area contributed by atoms with Crippen molar-refractivity contribution in [3.63, 3.8) is 0 Å². The second-order valence-corrected chi connectivity index (χ2v) is 5.92. The Bertz CT molecular complexity index is 559. The van der Waals surface area contributed by atoms with E-state index in [9.17, 15) is 15.3 Å². The van der Waals surface area contributed by atoms with Crippen molar-refractivity contribution < 1.29 is 29.9 Å². The second-order valence-electron chi connectivity index (χ2n) is 5.51. The van der Waals surface area contributed by atoms with E-state index in [1.165, 1.54) is 0 Å². The van der Waals surface area contributed by atoms with Gasteiger partial charge in [0.15, 0.2) is 5.11 Å². The van der Waals surface area contributed by atoms with Gasteiger partial charge in [-0.2, -0.15) is 0 Å². The predicted molar refractivity (Wildman–Crippen MR) is 94.1 cm³/mol. The summed E-state index contributed by atoms with van der Waals surface area (Å²) in [5.41, 5.74) is 6.10. The summed E-state index contributed by atoms with van der Waals surface area (Å²) in [4.78, 5) is 0. The van der Waals surface area contributed by atoms with E-state index in [-0.39, 0.29) is 0 Å². The number of hydrogen-bond donors (Lipinski definition) is 7. The third-order valence-electron chi connectivity index (χ3n) is 3.64. The van der Waals surface area contributed by atoms with Crippen LogP contribution in [0.5, 0.6) is 5.75 Å². The lowest BCUT2D eigenvalue weighted by Gasteiger charge is -2.39. The van der Waals surface area contributed by atoms with Crippen LogP contribution < -0.4 is 21.1 Å². The number of ether oxygens (including phenoxy) is 2. The Morgan fingerprint density at radius 1 is 1.16 bits per heavy atom. The van der Waals surface area contributed by atoms with E-state index < -0.39 is 37.3 Å². The third kappa shape index (κ3) is 5.22. The van der Waals surface area contributed by atoms with Crippen LogP contribution in [0, 0.1) is 0 Å². The first kappa shape index (κ1) is 19.8. The van der Waals surface area contributed by atoms with E-state index in [0.717, 1.165) is 5.69 Å². The molecule has 1 heterocycles. The van der Waals surface area contributed by atoms with Crippen LogP contribution >= 0.6 is 12.2 Å². The minimum absolute atomic E-state index is 0.371. The Hall–Kier alpha value is -1.53. The minimum atomic E-state index is -1.48. The maximum absolute atomic E-state index is 9.95. The molecule has 8 N–H and O–H groups in total. The van der Waals surface area contributed by atoms with Crippen LogP contribution in [-0.2, 0) is 4.74 Å². The molecule has 1 aromatic rings. The maximum Gasteiger partial charge on any atom is 0.229 e. The highest BCUT2D eigenvalue weighted by molar-refractivity contribution is 7.80. The third-order valence-corrected chi connectivity index (χ3v) is 3.89. The highest BCUT2D eigenvalue weighted by atomic mass is 32.1. The molecule has 1 aliphatic heterocycles. The van der Waals surface area contributed by atoms with Gasteiger partial charge >= 0.3 is 0 Å². The van der Waals surface area contributed by atoms with Crippen molar-refractivity contribution in [2.75, 3.05) is 25.0 Å². The average molecular weight is 373 g/mol. The van der Waals surface area contributed by atoms with Gasteiger partial charge in [-0.15, -0.1) is 0 Å². The highest BCUT2D eigenvalue weighted by Crippen LogP contribution is 2.25. The van der Waals surface area contributed by atoms with Gasteiger partial charge in [-0.25, -0.2) is 0 Å². The number of rotatable bonds is 6. The zero-order valence-corrected chi connectivity index (χ0v) is 14.2. The Labute approximate surface area is 150 Å². The van der Waals surface area contributed by atoms with Crippen LogP contribution in [0.2, 0.25) is 0 Å². The molecule has 5 atom stereocenters. The number of hydrogen-bond acceptors (Lipinski definition) is 8. The van der Waals surface area contributed by atoms with Crippen LogP contribution in [0.4, 0.5) is 5.69 Å². The van der Waals surface area contributed by atoms with E-state index in [0.29, 0.717) is 24.0 Å². The molecule has 1 aromatic carbocycles. The monoisotopic (exact) mass is 373 g/mol. The van der Waals surface area contributed by atoms with Crippen LogP contribution in [-0.4, -0.2) is 75.9 Å². The minimum Gasteiger partial charge on any atom is -0.462 e. The summed E-state index contributed by atoms with van der Waals surface area (Å²) in [6.45, 7) is 0.513. The Morgan fingerprint density at radius 2 is 1.84 bits per heavy atom. The molecule has 0 aliphatic carbocycles. The first-order valence-corrected chi connectivity index (χ1v) is 8.19. The van der Waals surface area contributed by atoms with Gasteiger partial charge in [-0.05, 0) is 36.5 Å². The van der Waals surface area contributed by atoms with Crippen molar-refractivity contribution in [1.29, 1.82) is 0 Å². The molecule has 0 saturated carbocycles. The van der Waals surface area contributed by atoms with Crippen molar-refractivity contribution in [3.05, 3.63) is 24.3 Å². The van der Waals surface area contributed by atoms with Gasteiger partial charge in [0.1, 0.15) is 30.2 Å². The quantitative estimate of drug-likeness (QED) is 0.282. The van der Waals surface area contributed by atoms with Crippen molar-refractivity contribution in [3.8, 4) is 5.75 Å². The topological polar surface area (TPSA) is 149 Å². The normalized spacial score (nSPS) is 29.1. The summed E-state index contributed by atoms with van der Waals surface area (Å²) in [6.07, 6.45) is -6.60. The molecule has 25 heavy (non-hydrogen) atoms. The van der Waals surface area contributed by atoms with Gasteiger partial charge in [0, 0.05) is 18.8 Å². The number of aliphatic hydroxyl groups is 4. The molecule has 2 rings (SSSR count). The molecule has 0 aromatic heterocycles. The predicted octanol–water partition coefficient (Wildman–Crippen LogP) is -1.89. The van der Waals surface area contributed by atoms with E-state index in [2.05, 4.69) is 10.6 Å². The molecule has 0 amide bonds. The average Bonchev–Trinajstić information content (AvgIpc) is 2.62. The van der Waals surface area contributed by atoms with Gasteiger partial charge in [0.2, 0.25) is 6.29 Å². The number of nitrogens with two attached hydrogens (primary N) is 1.